The first-order valence-corrected chi connectivity index (χ1v) is 10.7. The molecule has 7 heteroatoms. The lowest BCUT2D eigenvalue weighted by Gasteiger charge is -2.29. The monoisotopic (exact) mass is 442 g/mol. The zero-order chi connectivity index (χ0) is 22.6. The van der Waals surface area contributed by atoms with Gasteiger partial charge in [0.25, 0.3) is 0 Å². The molecule has 0 bridgehead atoms. The summed E-state index contributed by atoms with van der Waals surface area (Å²) in [5.41, 5.74) is -0.590. The van der Waals surface area contributed by atoms with Crippen LogP contribution in [0.25, 0.3) is 0 Å². The zero-order valence-electron chi connectivity index (χ0n) is 17.7. The summed E-state index contributed by atoms with van der Waals surface area (Å²) in [6.45, 7) is 3.75. The maximum absolute atomic E-state index is 14.5. The van der Waals surface area contributed by atoms with Crippen molar-refractivity contribution < 1.29 is 31.4 Å². The number of halogens is 5. The standard InChI is InChI=1S/C24H27F5O2/c1-3-5-15-6-8-16(9-7-15)17-10-12-20(19(25)14-17)31-24(28,29)18-11-13-21(30-4-2)23(27)22(18)26/h10-16H,3-9H2,1-2H3. The van der Waals surface area contributed by atoms with E-state index in [0.29, 0.717) is 12.0 Å². The van der Waals surface area contributed by atoms with Crippen LogP contribution < -0.4 is 9.47 Å². The molecule has 2 aromatic rings. The van der Waals surface area contributed by atoms with Gasteiger partial charge < -0.3 is 9.47 Å². The van der Waals surface area contributed by atoms with Crippen LogP contribution in [0.15, 0.2) is 30.3 Å². The van der Waals surface area contributed by atoms with Crippen molar-refractivity contribution in [2.24, 2.45) is 5.92 Å². The maximum atomic E-state index is 14.5. The third-order valence-corrected chi connectivity index (χ3v) is 5.87. The topological polar surface area (TPSA) is 18.5 Å². The Morgan fingerprint density at radius 3 is 2.19 bits per heavy atom. The molecule has 3 rings (SSSR count). The maximum Gasteiger partial charge on any atom is 0.429 e. The van der Waals surface area contributed by atoms with E-state index in [1.165, 1.54) is 12.5 Å². The van der Waals surface area contributed by atoms with Gasteiger partial charge in [0.15, 0.2) is 23.1 Å². The molecule has 0 N–H and O–H groups in total. The lowest BCUT2D eigenvalue weighted by Crippen LogP contribution is -2.24. The van der Waals surface area contributed by atoms with E-state index in [1.54, 1.807) is 13.0 Å². The third kappa shape index (κ3) is 5.31. The molecule has 170 valence electrons. The number of benzene rings is 2. The fraction of sp³-hybridized carbons (Fsp3) is 0.500. The predicted octanol–water partition coefficient (Wildman–Crippen LogP) is 7.70. The van der Waals surface area contributed by atoms with Crippen molar-refractivity contribution in [3.63, 3.8) is 0 Å². The molecule has 0 saturated heterocycles. The number of alkyl halides is 2. The first-order chi connectivity index (χ1) is 14.8. The van der Waals surface area contributed by atoms with Crippen LogP contribution in [0.5, 0.6) is 11.5 Å². The van der Waals surface area contributed by atoms with E-state index in [4.69, 9.17) is 4.74 Å². The second-order valence-corrected chi connectivity index (χ2v) is 7.99. The fourth-order valence-electron chi connectivity index (χ4n) is 4.26. The normalized spacial score (nSPS) is 19.3. The summed E-state index contributed by atoms with van der Waals surface area (Å²) in [5, 5.41) is 0. The van der Waals surface area contributed by atoms with E-state index in [2.05, 4.69) is 11.7 Å². The van der Waals surface area contributed by atoms with Crippen LogP contribution in [0.4, 0.5) is 22.0 Å². The van der Waals surface area contributed by atoms with Gasteiger partial charge in [0.1, 0.15) is 5.56 Å². The number of ether oxygens (including phenoxy) is 2. The summed E-state index contributed by atoms with van der Waals surface area (Å²) in [5.74, 6) is -4.63. The average molecular weight is 442 g/mol. The highest BCUT2D eigenvalue weighted by Gasteiger charge is 2.40. The van der Waals surface area contributed by atoms with Crippen LogP contribution in [0.2, 0.25) is 0 Å². The third-order valence-electron chi connectivity index (χ3n) is 5.87. The molecule has 1 aliphatic rings. The summed E-state index contributed by atoms with van der Waals surface area (Å²) >= 11 is 0. The van der Waals surface area contributed by atoms with E-state index in [1.807, 2.05) is 0 Å². The summed E-state index contributed by atoms with van der Waals surface area (Å²) in [6.07, 6.45) is 2.05. The van der Waals surface area contributed by atoms with Crippen molar-refractivity contribution >= 4 is 0 Å². The Morgan fingerprint density at radius 2 is 1.58 bits per heavy atom. The molecule has 0 atom stereocenters. The Balaban J connectivity index is 1.75. The molecule has 0 amide bonds. The van der Waals surface area contributed by atoms with Gasteiger partial charge in [-0.2, -0.15) is 13.2 Å². The second kappa shape index (κ2) is 9.88. The van der Waals surface area contributed by atoms with Crippen LogP contribution in [-0.2, 0) is 6.11 Å². The van der Waals surface area contributed by atoms with Gasteiger partial charge in [-0.25, -0.2) is 8.78 Å². The van der Waals surface area contributed by atoms with Crippen molar-refractivity contribution in [3.8, 4) is 11.5 Å². The van der Waals surface area contributed by atoms with E-state index >= 15 is 0 Å². The molecular weight excluding hydrogens is 415 g/mol. The van der Waals surface area contributed by atoms with Gasteiger partial charge in [-0.05, 0) is 74.3 Å². The quantitative estimate of drug-likeness (QED) is 0.390. The van der Waals surface area contributed by atoms with Crippen LogP contribution in [0.1, 0.15) is 69.4 Å². The van der Waals surface area contributed by atoms with Gasteiger partial charge in [-0.15, -0.1) is 0 Å². The van der Waals surface area contributed by atoms with E-state index in [0.717, 1.165) is 49.8 Å². The first-order valence-electron chi connectivity index (χ1n) is 10.7. The molecule has 0 aromatic heterocycles. The Labute approximate surface area is 179 Å². The smallest absolute Gasteiger partial charge is 0.429 e. The first kappa shape index (κ1) is 23.4. The molecule has 2 nitrogen and oxygen atoms in total. The van der Waals surface area contributed by atoms with Crippen molar-refractivity contribution in [3.05, 3.63) is 58.9 Å². The van der Waals surface area contributed by atoms with Crippen LogP contribution in [-0.4, -0.2) is 6.61 Å². The highest BCUT2D eigenvalue weighted by atomic mass is 19.3. The van der Waals surface area contributed by atoms with E-state index in [-0.39, 0.29) is 12.5 Å². The zero-order valence-corrected chi connectivity index (χ0v) is 17.7. The molecule has 0 spiro atoms. The van der Waals surface area contributed by atoms with Crippen molar-refractivity contribution in [2.45, 2.75) is 64.4 Å². The van der Waals surface area contributed by atoms with Gasteiger partial charge in [-0.1, -0.05) is 25.8 Å². The van der Waals surface area contributed by atoms with Crippen LogP contribution >= 0.6 is 0 Å². The highest BCUT2D eigenvalue weighted by molar-refractivity contribution is 5.35. The molecule has 0 heterocycles. The molecule has 2 aromatic carbocycles. The SMILES string of the molecule is CCCC1CCC(c2ccc(OC(F)(F)c3ccc(OCC)c(F)c3F)c(F)c2)CC1. The van der Waals surface area contributed by atoms with Gasteiger partial charge >= 0.3 is 6.11 Å². The lowest BCUT2D eigenvalue weighted by molar-refractivity contribution is -0.189. The molecule has 1 saturated carbocycles. The van der Waals surface area contributed by atoms with Gasteiger partial charge in [0.05, 0.1) is 6.61 Å². The highest BCUT2D eigenvalue weighted by Crippen LogP contribution is 2.40. The van der Waals surface area contributed by atoms with E-state index < -0.39 is 40.6 Å². The fourth-order valence-corrected chi connectivity index (χ4v) is 4.26. The summed E-state index contributed by atoms with van der Waals surface area (Å²) in [4.78, 5) is 0. The Hall–Kier alpha value is -2.31. The molecule has 0 radical (unpaired) electrons. The Bertz CT molecular complexity index is 892. The average Bonchev–Trinajstić information content (AvgIpc) is 2.73. The van der Waals surface area contributed by atoms with Gasteiger partial charge in [0, 0.05) is 0 Å². The van der Waals surface area contributed by atoms with Gasteiger partial charge in [-0.3, -0.25) is 0 Å². The Morgan fingerprint density at radius 1 is 0.903 bits per heavy atom. The van der Waals surface area contributed by atoms with Crippen molar-refractivity contribution in [1.82, 2.24) is 0 Å². The predicted molar refractivity (Wildman–Crippen MR) is 108 cm³/mol. The lowest BCUT2D eigenvalue weighted by atomic mass is 9.77. The molecule has 0 unspecified atom stereocenters. The minimum Gasteiger partial charge on any atom is -0.491 e. The van der Waals surface area contributed by atoms with Crippen LogP contribution in [0.3, 0.4) is 0 Å². The van der Waals surface area contributed by atoms with E-state index in [9.17, 15) is 22.0 Å². The Kier molecular flexibility index (Phi) is 7.44. The van der Waals surface area contributed by atoms with Gasteiger partial charge in [0.2, 0.25) is 5.82 Å². The van der Waals surface area contributed by atoms with Crippen molar-refractivity contribution in [1.29, 1.82) is 0 Å². The molecule has 1 fully saturated rings. The summed E-state index contributed by atoms with van der Waals surface area (Å²) < 4.78 is 81.1. The molecule has 31 heavy (non-hydrogen) atoms. The minimum atomic E-state index is -4.27. The van der Waals surface area contributed by atoms with Crippen LogP contribution in [0, 0.1) is 23.4 Å². The molecule has 1 aliphatic carbocycles. The molecule has 0 aliphatic heterocycles. The minimum absolute atomic E-state index is 0.0421. The van der Waals surface area contributed by atoms with Crippen molar-refractivity contribution in [2.75, 3.05) is 6.61 Å². The number of hydrogen-bond acceptors (Lipinski definition) is 2. The number of rotatable bonds is 8. The summed E-state index contributed by atoms with van der Waals surface area (Å²) in [6, 6.07) is 5.45. The second-order valence-electron chi connectivity index (χ2n) is 7.99. The molecular formula is C24H27F5O2. The number of hydrogen-bond donors (Lipinski definition) is 0. The largest absolute Gasteiger partial charge is 0.491 e. The summed E-state index contributed by atoms with van der Waals surface area (Å²) in [7, 11) is 0.